The van der Waals surface area contributed by atoms with Gasteiger partial charge in [0.2, 0.25) is 0 Å². The van der Waals surface area contributed by atoms with Crippen LogP contribution in [0.25, 0.3) is 0 Å². The van der Waals surface area contributed by atoms with E-state index < -0.39 is 0 Å². The van der Waals surface area contributed by atoms with E-state index in [0.717, 1.165) is 5.92 Å². The van der Waals surface area contributed by atoms with Gasteiger partial charge in [-0.15, -0.1) is 0 Å². The highest BCUT2D eigenvalue weighted by Crippen LogP contribution is 2.62. The maximum Gasteiger partial charge on any atom is 0.0183 e. The Bertz CT molecular complexity index is 273. The molecule has 1 aliphatic heterocycles. The smallest absolute Gasteiger partial charge is 0.0183 e. The lowest BCUT2D eigenvalue weighted by Crippen LogP contribution is -2.43. The monoisotopic (exact) mass is 252 g/mol. The zero-order valence-corrected chi connectivity index (χ0v) is 13.2. The van der Waals surface area contributed by atoms with Gasteiger partial charge in [0.25, 0.3) is 0 Å². The molecule has 1 saturated heterocycles. The highest BCUT2D eigenvalue weighted by atomic mass is 15.1. The summed E-state index contributed by atoms with van der Waals surface area (Å²) >= 11 is 0. The molecule has 0 aromatic carbocycles. The van der Waals surface area contributed by atoms with Crippen molar-refractivity contribution >= 4 is 0 Å². The molecule has 0 amide bonds. The van der Waals surface area contributed by atoms with E-state index in [9.17, 15) is 0 Å². The van der Waals surface area contributed by atoms with Gasteiger partial charge in [-0.2, -0.15) is 0 Å². The molecule has 2 heteroatoms. The standard InChI is InChI=1S/C16H32N2/c1-7-18-10-8-13(9-11-18)12(2)17-14-15(3,4)16(14,5)6/h12-14,17H,7-11H2,1-6H3. The third kappa shape index (κ3) is 2.34. The Morgan fingerprint density at radius 3 is 2.00 bits per heavy atom. The number of piperidine rings is 1. The van der Waals surface area contributed by atoms with Gasteiger partial charge in [-0.3, -0.25) is 0 Å². The fraction of sp³-hybridized carbons (Fsp3) is 1.00. The Morgan fingerprint density at radius 1 is 1.11 bits per heavy atom. The van der Waals surface area contributed by atoms with E-state index in [-0.39, 0.29) is 0 Å². The molecule has 2 aliphatic rings. The third-order valence-corrected chi connectivity index (χ3v) is 6.24. The minimum Gasteiger partial charge on any atom is -0.310 e. The molecule has 1 unspecified atom stereocenters. The van der Waals surface area contributed by atoms with Gasteiger partial charge >= 0.3 is 0 Å². The molecule has 1 heterocycles. The molecule has 0 aromatic heterocycles. The lowest BCUT2D eigenvalue weighted by molar-refractivity contribution is 0.166. The molecule has 1 aliphatic carbocycles. The van der Waals surface area contributed by atoms with Crippen molar-refractivity contribution < 1.29 is 0 Å². The van der Waals surface area contributed by atoms with E-state index in [2.05, 4.69) is 51.8 Å². The second kappa shape index (κ2) is 4.79. The van der Waals surface area contributed by atoms with E-state index in [0.29, 0.717) is 22.9 Å². The van der Waals surface area contributed by atoms with Gasteiger partial charge in [0.15, 0.2) is 0 Å². The normalized spacial score (nSPS) is 30.3. The molecule has 2 fully saturated rings. The summed E-state index contributed by atoms with van der Waals surface area (Å²) in [7, 11) is 0. The van der Waals surface area contributed by atoms with Crippen LogP contribution in [0.3, 0.4) is 0 Å². The predicted octanol–water partition coefficient (Wildman–Crippen LogP) is 3.13. The van der Waals surface area contributed by atoms with Crippen molar-refractivity contribution in [2.24, 2.45) is 16.7 Å². The average molecular weight is 252 g/mol. The number of hydrogen-bond acceptors (Lipinski definition) is 2. The van der Waals surface area contributed by atoms with Crippen LogP contribution < -0.4 is 5.32 Å². The molecule has 0 bridgehead atoms. The summed E-state index contributed by atoms with van der Waals surface area (Å²) in [6.45, 7) is 18.1. The molecule has 1 atom stereocenters. The minimum absolute atomic E-state index is 0.464. The van der Waals surface area contributed by atoms with Crippen molar-refractivity contribution in [3.8, 4) is 0 Å². The van der Waals surface area contributed by atoms with Gasteiger partial charge in [-0.25, -0.2) is 0 Å². The minimum atomic E-state index is 0.464. The SMILES string of the molecule is CCN1CCC(C(C)NC2C(C)(C)C2(C)C)CC1. The highest BCUT2D eigenvalue weighted by Gasteiger charge is 2.64. The lowest BCUT2D eigenvalue weighted by Gasteiger charge is -2.35. The van der Waals surface area contributed by atoms with Crippen molar-refractivity contribution in [3.05, 3.63) is 0 Å². The Hall–Kier alpha value is -0.0800. The first kappa shape index (κ1) is 14.3. The van der Waals surface area contributed by atoms with Crippen LogP contribution in [0.15, 0.2) is 0 Å². The summed E-state index contributed by atoms with van der Waals surface area (Å²) < 4.78 is 0. The Balaban J connectivity index is 1.82. The van der Waals surface area contributed by atoms with Crippen molar-refractivity contribution in [1.82, 2.24) is 10.2 Å². The van der Waals surface area contributed by atoms with Gasteiger partial charge in [-0.05, 0) is 56.1 Å². The summed E-state index contributed by atoms with van der Waals surface area (Å²) in [6, 6.07) is 1.37. The van der Waals surface area contributed by atoms with Crippen LogP contribution in [0.4, 0.5) is 0 Å². The van der Waals surface area contributed by atoms with Crippen LogP contribution in [0, 0.1) is 16.7 Å². The molecule has 0 radical (unpaired) electrons. The van der Waals surface area contributed by atoms with Crippen molar-refractivity contribution in [3.63, 3.8) is 0 Å². The summed E-state index contributed by atoms with van der Waals surface area (Å²) in [4.78, 5) is 2.58. The number of hydrogen-bond donors (Lipinski definition) is 1. The quantitative estimate of drug-likeness (QED) is 0.827. The van der Waals surface area contributed by atoms with E-state index in [4.69, 9.17) is 0 Å². The molecule has 0 spiro atoms. The van der Waals surface area contributed by atoms with E-state index in [1.165, 1.54) is 32.5 Å². The maximum absolute atomic E-state index is 3.92. The molecule has 1 N–H and O–H groups in total. The Labute approximate surface area is 114 Å². The van der Waals surface area contributed by atoms with Gasteiger partial charge in [0.05, 0.1) is 0 Å². The third-order valence-electron chi connectivity index (χ3n) is 6.24. The van der Waals surface area contributed by atoms with Crippen LogP contribution in [0.2, 0.25) is 0 Å². The van der Waals surface area contributed by atoms with E-state index in [1.807, 2.05) is 0 Å². The Kier molecular flexibility index (Phi) is 3.81. The van der Waals surface area contributed by atoms with Crippen LogP contribution in [-0.2, 0) is 0 Å². The van der Waals surface area contributed by atoms with Crippen LogP contribution in [0.5, 0.6) is 0 Å². The van der Waals surface area contributed by atoms with Crippen molar-refractivity contribution in [1.29, 1.82) is 0 Å². The van der Waals surface area contributed by atoms with Gasteiger partial charge in [0, 0.05) is 12.1 Å². The molecular formula is C16H32N2. The molecule has 0 aromatic rings. The first-order valence-corrected chi connectivity index (χ1v) is 7.79. The summed E-state index contributed by atoms with van der Waals surface area (Å²) in [5, 5.41) is 3.92. The van der Waals surface area contributed by atoms with Gasteiger partial charge in [0.1, 0.15) is 0 Å². The first-order valence-electron chi connectivity index (χ1n) is 7.79. The van der Waals surface area contributed by atoms with Gasteiger partial charge in [-0.1, -0.05) is 34.6 Å². The van der Waals surface area contributed by atoms with Crippen LogP contribution >= 0.6 is 0 Å². The van der Waals surface area contributed by atoms with Gasteiger partial charge < -0.3 is 10.2 Å². The molecule has 1 saturated carbocycles. The largest absolute Gasteiger partial charge is 0.310 e. The fourth-order valence-electron chi connectivity index (χ4n) is 3.78. The lowest BCUT2D eigenvalue weighted by atomic mass is 9.90. The zero-order valence-electron chi connectivity index (χ0n) is 13.2. The fourth-order valence-corrected chi connectivity index (χ4v) is 3.78. The second-order valence-electron chi connectivity index (χ2n) is 7.60. The van der Waals surface area contributed by atoms with E-state index >= 15 is 0 Å². The summed E-state index contributed by atoms with van der Waals surface area (Å²) in [5.41, 5.74) is 0.927. The Morgan fingerprint density at radius 2 is 1.61 bits per heavy atom. The van der Waals surface area contributed by atoms with Crippen molar-refractivity contribution in [2.75, 3.05) is 19.6 Å². The number of likely N-dealkylation sites (tertiary alicyclic amines) is 1. The molecular weight excluding hydrogens is 220 g/mol. The van der Waals surface area contributed by atoms with Crippen LogP contribution in [0.1, 0.15) is 54.4 Å². The van der Waals surface area contributed by atoms with E-state index in [1.54, 1.807) is 0 Å². The molecule has 106 valence electrons. The number of rotatable bonds is 4. The highest BCUT2D eigenvalue weighted by molar-refractivity contribution is 5.18. The van der Waals surface area contributed by atoms with Crippen molar-refractivity contribution in [2.45, 2.75) is 66.5 Å². The topological polar surface area (TPSA) is 15.3 Å². The molecule has 2 nitrogen and oxygen atoms in total. The summed E-state index contributed by atoms with van der Waals surface area (Å²) in [6.07, 6.45) is 2.74. The predicted molar refractivity (Wildman–Crippen MR) is 78.8 cm³/mol. The molecule has 2 rings (SSSR count). The summed E-state index contributed by atoms with van der Waals surface area (Å²) in [5.74, 6) is 0.875. The molecule has 18 heavy (non-hydrogen) atoms. The number of nitrogens with zero attached hydrogens (tertiary/aromatic N) is 1. The number of nitrogens with one attached hydrogen (secondary N) is 1. The van der Waals surface area contributed by atoms with Crippen LogP contribution in [-0.4, -0.2) is 36.6 Å². The maximum atomic E-state index is 3.92. The average Bonchev–Trinajstić information content (AvgIpc) is 2.72. The zero-order chi connectivity index (χ0) is 13.6. The first-order chi connectivity index (χ1) is 8.30. The second-order valence-corrected chi connectivity index (χ2v) is 7.60.